The van der Waals surface area contributed by atoms with Gasteiger partial charge in [-0.05, 0) is 78.4 Å². The Morgan fingerprint density at radius 2 is 1.82 bits per heavy atom. The van der Waals surface area contributed by atoms with Gasteiger partial charge >= 0.3 is 0 Å². The molecular weight excluding hydrogens is 434 g/mol. The molecule has 2 aliphatic rings. The lowest BCUT2D eigenvalue weighted by atomic mass is 9.92. The van der Waals surface area contributed by atoms with Crippen LogP contribution in [0.3, 0.4) is 0 Å². The van der Waals surface area contributed by atoms with Gasteiger partial charge in [-0.25, -0.2) is 8.42 Å². The van der Waals surface area contributed by atoms with Crippen molar-refractivity contribution in [1.29, 1.82) is 0 Å². The molecule has 0 spiro atoms. The van der Waals surface area contributed by atoms with Gasteiger partial charge in [-0.1, -0.05) is 24.3 Å². The van der Waals surface area contributed by atoms with E-state index in [0.717, 1.165) is 41.3 Å². The number of rotatable bonds is 5. The van der Waals surface area contributed by atoms with Crippen LogP contribution in [0.25, 0.3) is 11.1 Å². The molecule has 3 aromatic carbocycles. The molecule has 1 saturated heterocycles. The smallest absolute Gasteiger partial charge is 0.150 e. The number of fused-ring (bicyclic) bond motifs is 3. The minimum atomic E-state index is -2.90. The molecule has 1 N–H and O–H groups in total. The Morgan fingerprint density at radius 3 is 2.61 bits per heavy atom. The first-order valence-corrected chi connectivity index (χ1v) is 13.3. The molecule has 5 nitrogen and oxygen atoms in total. The quantitative estimate of drug-likeness (QED) is 0.566. The highest BCUT2D eigenvalue weighted by Crippen LogP contribution is 2.40. The van der Waals surface area contributed by atoms with Crippen molar-refractivity contribution in [3.05, 3.63) is 77.4 Å². The van der Waals surface area contributed by atoms with Crippen molar-refractivity contribution in [2.75, 3.05) is 23.4 Å². The zero-order valence-corrected chi connectivity index (χ0v) is 19.7. The third-order valence-corrected chi connectivity index (χ3v) is 8.12. The molecule has 33 heavy (non-hydrogen) atoms. The third kappa shape index (κ3) is 5.01. The minimum Gasteiger partial charge on any atom is -0.493 e. The highest BCUT2D eigenvalue weighted by atomic mass is 32.2. The van der Waals surface area contributed by atoms with E-state index in [0.29, 0.717) is 19.4 Å². The first-order valence-electron chi connectivity index (χ1n) is 11.5. The average molecular weight is 464 g/mol. The third-order valence-electron chi connectivity index (χ3n) is 6.41. The van der Waals surface area contributed by atoms with E-state index in [-0.39, 0.29) is 17.6 Å². The molecular formula is C27H29NO4S. The van der Waals surface area contributed by atoms with Crippen LogP contribution in [0.1, 0.15) is 29.5 Å². The molecule has 0 aliphatic carbocycles. The van der Waals surface area contributed by atoms with Gasteiger partial charge in [0.05, 0.1) is 18.1 Å². The van der Waals surface area contributed by atoms with E-state index in [1.807, 2.05) is 18.2 Å². The summed E-state index contributed by atoms with van der Waals surface area (Å²) in [6.45, 7) is 3.46. The average Bonchev–Trinajstić information content (AvgIpc) is 2.99. The summed E-state index contributed by atoms with van der Waals surface area (Å²) in [7, 11) is -2.90. The van der Waals surface area contributed by atoms with Crippen LogP contribution in [0.2, 0.25) is 0 Å². The fraction of sp³-hybridized carbons (Fsp3) is 0.333. The van der Waals surface area contributed by atoms with Gasteiger partial charge in [0.2, 0.25) is 0 Å². The Labute approximate surface area is 195 Å². The summed E-state index contributed by atoms with van der Waals surface area (Å²) in [5.74, 6) is 2.15. The fourth-order valence-electron chi connectivity index (χ4n) is 4.69. The van der Waals surface area contributed by atoms with Gasteiger partial charge in [0, 0.05) is 24.2 Å². The maximum absolute atomic E-state index is 11.7. The number of benzene rings is 3. The Kier molecular flexibility index (Phi) is 6.02. The summed E-state index contributed by atoms with van der Waals surface area (Å²) in [6, 6.07) is 20.8. The van der Waals surface area contributed by atoms with Crippen molar-refractivity contribution >= 4 is 15.5 Å². The summed E-state index contributed by atoms with van der Waals surface area (Å²) in [5, 5.41) is 3.48. The topological polar surface area (TPSA) is 64.6 Å². The standard InChI is InChI=1S/C27H29NO4S/c1-19-15-24(32-23-10-13-33(29,30)14-11-23)17-21-9-12-31-26-8-7-20(16-25(26)27(19)21)18-28-22-5-3-2-4-6-22/h2-8,15-17,23,28H,9-14,18H2,1H3. The molecule has 0 atom stereocenters. The highest BCUT2D eigenvalue weighted by molar-refractivity contribution is 7.91. The van der Waals surface area contributed by atoms with Crippen molar-refractivity contribution in [2.45, 2.75) is 38.8 Å². The van der Waals surface area contributed by atoms with Crippen LogP contribution in [0.5, 0.6) is 11.5 Å². The molecule has 0 aromatic heterocycles. The van der Waals surface area contributed by atoms with Crippen LogP contribution >= 0.6 is 0 Å². The molecule has 0 bridgehead atoms. The summed E-state index contributed by atoms with van der Waals surface area (Å²) in [6.07, 6.45) is 1.87. The Bertz CT molecular complexity index is 1240. The minimum absolute atomic E-state index is 0.0454. The van der Waals surface area contributed by atoms with Crippen molar-refractivity contribution in [3.63, 3.8) is 0 Å². The van der Waals surface area contributed by atoms with E-state index in [9.17, 15) is 8.42 Å². The Hall–Kier alpha value is -2.99. The maximum atomic E-state index is 11.7. The van der Waals surface area contributed by atoms with E-state index in [2.05, 4.69) is 54.7 Å². The number of nitrogens with one attached hydrogen (secondary N) is 1. The monoisotopic (exact) mass is 463 g/mol. The zero-order valence-electron chi connectivity index (χ0n) is 18.8. The second kappa shape index (κ2) is 9.10. The predicted molar refractivity (Wildman–Crippen MR) is 132 cm³/mol. The number of hydrogen-bond donors (Lipinski definition) is 1. The Balaban J connectivity index is 1.40. The molecule has 6 heteroatoms. The van der Waals surface area contributed by atoms with Gasteiger partial charge in [0.25, 0.3) is 0 Å². The van der Waals surface area contributed by atoms with E-state index in [1.54, 1.807) is 0 Å². The largest absolute Gasteiger partial charge is 0.493 e. The molecule has 1 fully saturated rings. The molecule has 0 saturated carbocycles. The first-order chi connectivity index (χ1) is 16.0. The predicted octanol–water partition coefficient (Wildman–Crippen LogP) is 5.17. The van der Waals surface area contributed by atoms with Crippen LogP contribution in [0, 0.1) is 6.92 Å². The van der Waals surface area contributed by atoms with Crippen LogP contribution in [0.15, 0.2) is 60.7 Å². The van der Waals surface area contributed by atoms with Crippen molar-refractivity contribution in [3.8, 4) is 22.6 Å². The van der Waals surface area contributed by atoms with E-state index in [1.165, 1.54) is 16.7 Å². The lowest BCUT2D eigenvalue weighted by Crippen LogP contribution is -2.30. The normalized spacial score (nSPS) is 17.2. The summed E-state index contributed by atoms with van der Waals surface area (Å²) in [4.78, 5) is 0. The van der Waals surface area contributed by atoms with Gasteiger partial charge < -0.3 is 14.8 Å². The molecule has 172 valence electrons. The molecule has 3 aromatic rings. The molecule has 2 aliphatic heterocycles. The molecule has 0 amide bonds. The van der Waals surface area contributed by atoms with E-state index in [4.69, 9.17) is 9.47 Å². The van der Waals surface area contributed by atoms with Crippen molar-refractivity contribution in [2.24, 2.45) is 0 Å². The second-order valence-corrected chi connectivity index (χ2v) is 11.2. The number of aryl methyl sites for hydroxylation is 1. The van der Waals surface area contributed by atoms with Crippen molar-refractivity contribution in [1.82, 2.24) is 0 Å². The molecule has 0 radical (unpaired) electrons. The number of anilines is 1. The maximum Gasteiger partial charge on any atom is 0.150 e. The number of sulfone groups is 1. The summed E-state index contributed by atoms with van der Waals surface area (Å²) in [5.41, 5.74) is 6.96. The SMILES string of the molecule is Cc1cc(OC2CCS(=O)(=O)CC2)cc2c1-c1cc(CNc3ccccc3)ccc1OCC2. The van der Waals surface area contributed by atoms with Gasteiger partial charge in [0.15, 0.2) is 9.84 Å². The molecule has 2 heterocycles. The van der Waals surface area contributed by atoms with Gasteiger partial charge in [-0.2, -0.15) is 0 Å². The number of hydrogen-bond acceptors (Lipinski definition) is 5. The first kappa shape index (κ1) is 21.8. The van der Waals surface area contributed by atoms with Crippen LogP contribution in [-0.2, 0) is 22.8 Å². The van der Waals surface area contributed by atoms with Crippen LogP contribution < -0.4 is 14.8 Å². The van der Waals surface area contributed by atoms with Gasteiger partial charge in [0.1, 0.15) is 17.6 Å². The molecule has 5 rings (SSSR count). The summed E-state index contributed by atoms with van der Waals surface area (Å²) >= 11 is 0. The fourth-order valence-corrected chi connectivity index (χ4v) is 6.14. The molecule has 0 unspecified atom stereocenters. The van der Waals surface area contributed by atoms with Crippen molar-refractivity contribution < 1.29 is 17.9 Å². The van der Waals surface area contributed by atoms with Gasteiger partial charge in [-0.15, -0.1) is 0 Å². The lowest BCUT2D eigenvalue weighted by molar-refractivity contribution is 0.189. The van der Waals surface area contributed by atoms with E-state index < -0.39 is 9.84 Å². The lowest BCUT2D eigenvalue weighted by Gasteiger charge is -2.24. The van der Waals surface area contributed by atoms with Crippen LogP contribution in [0.4, 0.5) is 5.69 Å². The highest BCUT2D eigenvalue weighted by Gasteiger charge is 2.26. The summed E-state index contributed by atoms with van der Waals surface area (Å²) < 4.78 is 35.8. The van der Waals surface area contributed by atoms with Gasteiger partial charge in [-0.3, -0.25) is 0 Å². The number of ether oxygens (including phenoxy) is 2. The Morgan fingerprint density at radius 1 is 1.03 bits per heavy atom. The van der Waals surface area contributed by atoms with Crippen LogP contribution in [-0.4, -0.2) is 32.6 Å². The van der Waals surface area contributed by atoms with E-state index >= 15 is 0 Å². The number of para-hydroxylation sites is 1. The second-order valence-electron chi connectivity index (χ2n) is 8.89. The zero-order chi connectivity index (χ0) is 22.8.